The summed E-state index contributed by atoms with van der Waals surface area (Å²) in [6.45, 7) is 1.83. The molecule has 0 unspecified atom stereocenters. The summed E-state index contributed by atoms with van der Waals surface area (Å²) < 4.78 is 4.84. The summed E-state index contributed by atoms with van der Waals surface area (Å²) in [5.74, 6) is -1.32. The number of halogens is 2. The largest absolute Gasteiger partial charge is 0.461 e. The summed E-state index contributed by atoms with van der Waals surface area (Å²) in [5, 5.41) is 3.23. The fourth-order valence-electron chi connectivity index (χ4n) is 1.62. The van der Waals surface area contributed by atoms with Crippen LogP contribution in [-0.2, 0) is 4.74 Å². The minimum absolute atomic E-state index is 0.132. The zero-order valence-corrected chi connectivity index (χ0v) is 13.0. The predicted molar refractivity (Wildman–Crippen MR) is 82.4 cm³/mol. The van der Waals surface area contributed by atoms with Crippen molar-refractivity contribution < 1.29 is 14.3 Å². The molecule has 0 saturated carbocycles. The number of carbonyl (C=O) groups excluding carboxylic acids is 2. The Morgan fingerprint density at radius 3 is 2.45 bits per heavy atom. The van der Waals surface area contributed by atoms with E-state index in [-0.39, 0.29) is 18.0 Å². The molecule has 0 radical (unpaired) electrons. The van der Waals surface area contributed by atoms with Gasteiger partial charge < -0.3 is 10.1 Å². The third-order valence-corrected chi connectivity index (χ3v) is 3.30. The van der Waals surface area contributed by atoms with Crippen molar-refractivity contribution in [2.24, 2.45) is 0 Å². The zero-order valence-electron chi connectivity index (χ0n) is 11.5. The monoisotopic (exact) mass is 339 g/mol. The van der Waals surface area contributed by atoms with Crippen molar-refractivity contribution >= 4 is 40.8 Å². The van der Waals surface area contributed by atoms with Crippen LogP contribution in [0.3, 0.4) is 0 Å². The van der Waals surface area contributed by atoms with Crippen LogP contribution in [0.5, 0.6) is 0 Å². The highest BCUT2D eigenvalue weighted by atomic mass is 35.5. The molecular formula is C14H11Cl2N3O3. The van der Waals surface area contributed by atoms with E-state index >= 15 is 0 Å². The number of nitrogens with one attached hydrogen (secondary N) is 1. The molecule has 0 fully saturated rings. The second-order valence-electron chi connectivity index (χ2n) is 4.06. The highest BCUT2D eigenvalue weighted by molar-refractivity contribution is 6.42. The van der Waals surface area contributed by atoms with Crippen LogP contribution in [-0.4, -0.2) is 28.5 Å². The number of carbonyl (C=O) groups is 2. The number of benzene rings is 1. The maximum atomic E-state index is 12.2. The summed E-state index contributed by atoms with van der Waals surface area (Å²) in [6.07, 6.45) is 2.62. The van der Waals surface area contributed by atoms with Crippen LogP contribution in [0.25, 0.3) is 0 Å². The quantitative estimate of drug-likeness (QED) is 0.865. The molecule has 2 rings (SSSR count). The number of amides is 1. The standard InChI is InChI=1S/C14H11Cl2N3O3/c1-2-22-14(21)12-11(17-5-6-18-12)13(20)19-8-3-4-9(15)10(16)7-8/h3-7H,2H2,1H3,(H,19,20). The zero-order chi connectivity index (χ0) is 16.1. The lowest BCUT2D eigenvalue weighted by Gasteiger charge is -2.08. The van der Waals surface area contributed by atoms with Gasteiger partial charge in [0.1, 0.15) is 0 Å². The van der Waals surface area contributed by atoms with Gasteiger partial charge in [0.05, 0.1) is 16.7 Å². The molecule has 0 spiro atoms. The van der Waals surface area contributed by atoms with Gasteiger partial charge in [-0.1, -0.05) is 23.2 Å². The van der Waals surface area contributed by atoms with Gasteiger partial charge in [0, 0.05) is 18.1 Å². The van der Waals surface area contributed by atoms with Gasteiger partial charge in [-0.15, -0.1) is 0 Å². The van der Waals surface area contributed by atoms with Gasteiger partial charge in [-0.05, 0) is 25.1 Å². The lowest BCUT2D eigenvalue weighted by Crippen LogP contribution is -2.20. The third kappa shape index (κ3) is 3.72. The summed E-state index contributed by atoms with van der Waals surface area (Å²) >= 11 is 11.7. The fourth-order valence-corrected chi connectivity index (χ4v) is 1.92. The van der Waals surface area contributed by atoms with Crippen LogP contribution in [0.4, 0.5) is 5.69 Å². The lowest BCUT2D eigenvalue weighted by molar-refractivity contribution is 0.0515. The van der Waals surface area contributed by atoms with Crippen molar-refractivity contribution in [3.63, 3.8) is 0 Å². The Morgan fingerprint density at radius 1 is 1.14 bits per heavy atom. The van der Waals surface area contributed by atoms with Crippen molar-refractivity contribution in [1.82, 2.24) is 9.97 Å². The molecule has 1 aromatic carbocycles. The number of hydrogen-bond donors (Lipinski definition) is 1. The van der Waals surface area contributed by atoms with Crippen LogP contribution in [0.15, 0.2) is 30.6 Å². The molecule has 0 saturated heterocycles. The normalized spacial score (nSPS) is 10.1. The minimum Gasteiger partial charge on any atom is -0.461 e. The van der Waals surface area contributed by atoms with Crippen molar-refractivity contribution in [3.05, 3.63) is 52.0 Å². The van der Waals surface area contributed by atoms with Gasteiger partial charge in [-0.2, -0.15) is 0 Å². The molecule has 1 heterocycles. The van der Waals surface area contributed by atoms with E-state index in [0.717, 1.165) is 0 Å². The Morgan fingerprint density at radius 2 is 1.82 bits per heavy atom. The fraction of sp³-hybridized carbons (Fsp3) is 0.143. The van der Waals surface area contributed by atoms with Crippen molar-refractivity contribution in [2.75, 3.05) is 11.9 Å². The molecule has 1 aromatic heterocycles. The molecule has 0 bridgehead atoms. The van der Waals surface area contributed by atoms with Crippen LogP contribution in [0.2, 0.25) is 10.0 Å². The topological polar surface area (TPSA) is 81.2 Å². The summed E-state index contributed by atoms with van der Waals surface area (Å²) in [7, 11) is 0. The number of aromatic nitrogens is 2. The number of ether oxygens (including phenoxy) is 1. The average molecular weight is 340 g/mol. The van der Waals surface area contributed by atoms with Crippen LogP contribution in [0, 0.1) is 0 Å². The molecule has 0 atom stereocenters. The number of rotatable bonds is 4. The van der Waals surface area contributed by atoms with Crippen molar-refractivity contribution in [2.45, 2.75) is 6.92 Å². The summed E-state index contributed by atoms with van der Waals surface area (Å²) in [4.78, 5) is 31.8. The highest BCUT2D eigenvalue weighted by Gasteiger charge is 2.21. The van der Waals surface area contributed by atoms with Gasteiger partial charge >= 0.3 is 5.97 Å². The van der Waals surface area contributed by atoms with Crippen LogP contribution >= 0.6 is 23.2 Å². The molecule has 0 aliphatic heterocycles. The molecule has 0 aliphatic carbocycles. The third-order valence-electron chi connectivity index (χ3n) is 2.56. The average Bonchev–Trinajstić information content (AvgIpc) is 2.51. The van der Waals surface area contributed by atoms with E-state index in [9.17, 15) is 9.59 Å². The first-order chi connectivity index (χ1) is 10.5. The number of nitrogens with zero attached hydrogens (tertiary/aromatic N) is 2. The molecule has 8 heteroatoms. The van der Waals surface area contributed by atoms with E-state index in [4.69, 9.17) is 27.9 Å². The SMILES string of the molecule is CCOC(=O)c1nccnc1C(=O)Nc1ccc(Cl)c(Cl)c1. The minimum atomic E-state index is -0.713. The molecular weight excluding hydrogens is 329 g/mol. The summed E-state index contributed by atoms with van der Waals surface area (Å²) in [5.41, 5.74) is 0.133. The van der Waals surface area contributed by atoms with Gasteiger partial charge in [-0.3, -0.25) is 4.79 Å². The second kappa shape index (κ2) is 7.20. The summed E-state index contributed by atoms with van der Waals surface area (Å²) in [6, 6.07) is 4.61. The molecule has 1 N–H and O–H groups in total. The first kappa shape index (κ1) is 16.2. The van der Waals surface area contributed by atoms with E-state index in [1.54, 1.807) is 19.1 Å². The van der Waals surface area contributed by atoms with E-state index in [1.807, 2.05) is 0 Å². The molecule has 114 valence electrons. The lowest BCUT2D eigenvalue weighted by atomic mass is 10.2. The highest BCUT2D eigenvalue weighted by Crippen LogP contribution is 2.25. The number of hydrogen-bond acceptors (Lipinski definition) is 5. The molecule has 1 amide bonds. The van der Waals surface area contributed by atoms with E-state index < -0.39 is 11.9 Å². The number of esters is 1. The maximum absolute atomic E-state index is 12.2. The predicted octanol–water partition coefficient (Wildman–Crippen LogP) is 3.21. The van der Waals surface area contributed by atoms with Crippen molar-refractivity contribution in [1.29, 1.82) is 0 Å². The van der Waals surface area contributed by atoms with Gasteiger partial charge in [-0.25, -0.2) is 14.8 Å². The van der Waals surface area contributed by atoms with Crippen LogP contribution < -0.4 is 5.32 Å². The van der Waals surface area contributed by atoms with Crippen LogP contribution in [0.1, 0.15) is 27.9 Å². The smallest absolute Gasteiger partial charge is 0.359 e. The van der Waals surface area contributed by atoms with E-state index in [0.29, 0.717) is 15.7 Å². The Hall–Kier alpha value is -2.18. The first-order valence-electron chi connectivity index (χ1n) is 6.27. The molecule has 2 aromatic rings. The van der Waals surface area contributed by atoms with Gasteiger partial charge in [0.25, 0.3) is 5.91 Å². The van der Waals surface area contributed by atoms with Gasteiger partial charge in [0.2, 0.25) is 0 Å². The van der Waals surface area contributed by atoms with E-state index in [1.165, 1.54) is 18.5 Å². The van der Waals surface area contributed by atoms with Gasteiger partial charge in [0.15, 0.2) is 11.4 Å². The van der Waals surface area contributed by atoms with Crippen molar-refractivity contribution in [3.8, 4) is 0 Å². The molecule has 0 aliphatic rings. The Balaban J connectivity index is 2.26. The molecule has 6 nitrogen and oxygen atoms in total. The first-order valence-corrected chi connectivity index (χ1v) is 7.03. The Kier molecular flexibility index (Phi) is 5.30. The molecule has 22 heavy (non-hydrogen) atoms. The Labute approximate surface area is 136 Å². The maximum Gasteiger partial charge on any atom is 0.359 e. The number of anilines is 1. The van der Waals surface area contributed by atoms with E-state index in [2.05, 4.69) is 15.3 Å². The second-order valence-corrected chi connectivity index (χ2v) is 4.87. The Bertz CT molecular complexity index is 722.